The summed E-state index contributed by atoms with van der Waals surface area (Å²) >= 11 is 0. The lowest BCUT2D eigenvalue weighted by Gasteiger charge is -2.23. The Morgan fingerprint density at radius 3 is 2.35 bits per heavy atom. The van der Waals surface area contributed by atoms with E-state index < -0.39 is 11.7 Å². The molecule has 1 fully saturated rings. The highest BCUT2D eigenvalue weighted by atomic mass is 19.4. The summed E-state index contributed by atoms with van der Waals surface area (Å²) in [7, 11) is 0. The molecule has 0 atom stereocenters. The molecule has 0 aliphatic heterocycles. The summed E-state index contributed by atoms with van der Waals surface area (Å²) in [5, 5.41) is 3.24. The lowest BCUT2D eigenvalue weighted by atomic mass is 9.95. The van der Waals surface area contributed by atoms with Gasteiger partial charge in [-0.15, -0.1) is 0 Å². The Bertz CT molecular complexity index is 350. The molecule has 0 heterocycles. The molecule has 1 aliphatic carbocycles. The minimum Gasteiger partial charge on any atom is -0.382 e. The standard InChI is InChI=1S/C13H15F3N/c14-13(15,16)10-6-8-12(9-7-10)17-11-4-2-1-3-5-11/h6-8,11,17H,1-5H2. The van der Waals surface area contributed by atoms with Crippen LogP contribution in [0.5, 0.6) is 0 Å². The molecule has 4 heteroatoms. The monoisotopic (exact) mass is 242 g/mol. The van der Waals surface area contributed by atoms with Gasteiger partial charge in [0, 0.05) is 17.8 Å². The zero-order valence-electron chi connectivity index (χ0n) is 9.48. The molecule has 0 bridgehead atoms. The van der Waals surface area contributed by atoms with E-state index in [0.29, 0.717) is 11.7 Å². The Hall–Kier alpha value is -1.19. The Morgan fingerprint density at radius 1 is 1.12 bits per heavy atom. The number of benzene rings is 1. The van der Waals surface area contributed by atoms with Crippen LogP contribution in [0.2, 0.25) is 0 Å². The van der Waals surface area contributed by atoms with Crippen molar-refractivity contribution in [1.82, 2.24) is 0 Å². The third kappa shape index (κ3) is 3.38. The van der Waals surface area contributed by atoms with Gasteiger partial charge in [0.05, 0.1) is 5.56 Å². The van der Waals surface area contributed by atoms with E-state index >= 15 is 0 Å². The summed E-state index contributed by atoms with van der Waals surface area (Å²) in [6.07, 6.45) is 1.55. The highest BCUT2D eigenvalue weighted by Gasteiger charge is 2.30. The largest absolute Gasteiger partial charge is 0.416 e. The Balaban J connectivity index is 1.98. The van der Waals surface area contributed by atoms with E-state index in [-0.39, 0.29) is 0 Å². The van der Waals surface area contributed by atoms with Crippen molar-refractivity contribution in [3.63, 3.8) is 0 Å². The number of rotatable bonds is 2. The van der Waals surface area contributed by atoms with Gasteiger partial charge in [0.1, 0.15) is 0 Å². The minimum atomic E-state index is -4.28. The van der Waals surface area contributed by atoms with Crippen LogP contribution in [0.3, 0.4) is 0 Å². The molecule has 0 unspecified atom stereocenters. The molecule has 1 nitrogen and oxygen atoms in total. The predicted octanol–water partition coefficient (Wildman–Crippen LogP) is 4.25. The zero-order chi connectivity index (χ0) is 12.3. The van der Waals surface area contributed by atoms with E-state index in [2.05, 4.69) is 11.4 Å². The molecule has 0 amide bonds. The molecule has 93 valence electrons. The Labute approximate surface area is 99.0 Å². The van der Waals surface area contributed by atoms with Gasteiger partial charge in [0.2, 0.25) is 0 Å². The maximum Gasteiger partial charge on any atom is 0.416 e. The predicted molar refractivity (Wildman–Crippen MR) is 60.8 cm³/mol. The maximum absolute atomic E-state index is 12.3. The second-order valence-corrected chi connectivity index (χ2v) is 4.47. The van der Waals surface area contributed by atoms with E-state index in [0.717, 1.165) is 25.0 Å². The molecule has 0 aromatic heterocycles. The van der Waals surface area contributed by atoms with Crippen LogP contribution in [0.4, 0.5) is 18.9 Å². The van der Waals surface area contributed by atoms with Crippen molar-refractivity contribution in [2.45, 2.75) is 44.3 Å². The van der Waals surface area contributed by atoms with E-state index in [1.54, 1.807) is 0 Å². The average Bonchev–Trinajstić information content (AvgIpc) is 2.30. The van der Waals surface area contributed by atoms with Crippen LogP contribution >= 0.6 is 0 Å². The third-order valence-electron chi connectivity index (χ3n) is 3.10. The van der Waals surface area contributed by atoms with Crippen molar-refractivity contribution in [2.24, 2.45) is 0 Å². The molecule has 1 aliphatic rings. The molecule has 17 heavy (non-hydrogen) atoms. The molecule has 1 N–H and O–H groups in total. The van der Waals surface area contributed by atoms with Crippen LogP contribution < -0.4 is 5.32 Å². The van der Waals surface area contributed by atoms with Gasteiger partial charge in [-0.05, 0) is 31.0 Å². The van der Waals surface area contributed by atoms with Gasteiger partial charge in [-0.2, -0.15) is 13.2 Å². The highest BCUT2D eigenvalue weighted by molar-refractivity contribution is 5.44. The maximum atomic E-state index is 12.3. The summed E-state index contributed by atoms with van der Waals surface area (Å²) < 4.78 is 37.0. The molecule has 1 radical (unpaired) electrons. The number of alkyl halides is 3. The summed E-state index contributed by atoms with van der Waals surface area (Å²) in [6.45, 7) is 0. The quantitative estimate of drug-likeness (QED) is 0.817. The molecular formula is C13H15F3N. The van der Waals surface area contributed by atoms with Crippen molar-refractivity contribution in [1.29, 1.82) is 0 Å². The second kappa shape index (κ2) is 4.98. The van der Waals surface area contributed by atoms with Crippen LogP contribution in [-0.4, -0.2) is 6.04 Å². The average molecular weight is 242 g/mol. The zero-order valence-corrected chi connectivity index (χ0v) is 9.48. The molecule has 2 rings (SSSR count). The summed E-state index contributed by atoms with van der Waals surface area (Å²) in [6, 6.07) is 6.61. The van der Waals surface area contributed by atoms with Gasteiger partial charge >= 0.3 is 6.18 Å². The number of halogens is 3. The third-order valence-corrected chi connectivity index (χ3v) is 3.10. The molecular weight excluding hydrogens is 227 g/mol. The fourth-order valence-corrected chi connectivity index (χ4v) is 2.16. The lowest BCUT2D eigenvalue weighted by Crippen LogP contribution is -2.22. The van der Waals surface area contributed by atoms with Crippen molar-refractivity contribution in [3.05, 3.63) is 29.8 Å². The van der Waals surface area contributed by atoms with Gasteiger partial charge in [0.25, 0.3) is 0 Å². The topological polar surface area (TPSA) is 12.0 Å². The van der Waals surface area contributed by atoms with Crippen LogP contribution in [-0.2, 0) is 6.18 Å². The fourth-order valence-electron chi connectivity index (χ4n) is 2.16. The first-order chi connectivity index (χ1) is 8.05. The normalized spacial score (nSPS) is 18.1. The summed E-state index contributed by atoms with van der Waals surface area (Å²) in [5.74, 6) is 0. The van der Waals surface area contributed by atoms with Crippen molar-refractivity contribution in [3.8, 4) is 0 Å². The Kier molecular flexibility index (Phi) is 3.60. The van der Waals surface area contributed by atoms with Gasteiger partial charge in [-0.3, -0.25) is 0 Å². The number of nitrogens with one attached hydrogen (secondary N) is 1. The number of hydrogen-bond donors (Lipinski definition) is 1. The molecule has 1 aromatic carbocycles. The van der Waals surface area contributed by atoms with Gasteiger partial charge in [0.15, 0.2) is 0 Å². The first kappa shape index (κ1) is 12.3. The van der Waals surface area contributed by atoms with Crippen LogP contribution in [0, 0.1) is 6.07 Å². The van der Waals surface area contributed by atoms with Crippen molar-refractivity contribution in [2.75, 3.05) is 5.32 Å². The van der Waals surface area contributed by atoms with Crippen LogP contribution in [0.15, 0.2) is 18.2 Å². The lowest BCUT2D eigenvalue weighted by molar-refractivity contribution is -0.137. The fraction of sp³-hybridized carbons (Fsp3) is 0.538. The molecule has 0 spiro atoms. The smallest absolute Gasteiger partial charge is 0.382 e. The number of anilines is 1. The Morgan fingerprint density at radius 2 is 1.82 bits per heavy atom. The van der Waals surface area contributed by atoms with E-state index in [1.165, 1.54) is 25.3 Å². The summed E-state index contributed by atoms with van der Waals surface area (Å²) in [5.41, 5.74) is 0.0107. The number of hydrogen-bond acceptors (Lipinski definition) is 1. The highest BCUT2D eigenvalue weighted by Crippen LogP contribution is 2.30. The van der Waals surface area contributed by atoms with Gasteiger partial charge < -0.3 is 5.32 Å². The van der Waals surface area contributed by atoms with Crippen LogP contribution in [0.25, 0.3) is 0 Å². The molecule has 0 saturated heterocycles. The van der Waals surface area contributed by atoms with Crippen molar-refractivity contribution >= 4 is 5.69 Å². The van der Waals surface area contributed by atoms with Crippen LogP contribution in [0.1, 0.15) is 37.7 Å². The summed E-state index contributed by atoms with van der Waals surface area (Å²) in [4.78, 5) is 0. The van der Waals surface area contributed by atoms with Gasteiger partial charge in [-0.25, -0.2) is 0 Å². The first-order valence-electron chi connectivity index (χ1n) is 5.91. The van der Waals surface area contributed by atoms with E-state index in [1.807, 2.05) is 0 Å². The van der Waals surface area contributed by atoms with Crippen molar-refractivity contribution < 1.29 is 13.2 Å². The second-order valence-electron chi connectivity index (χ2n) is 4.47. The SMILES string of the molecule is FC(F)(F)c1c[c]c(NC2CCCCC2)cc1. The van der Waals surface area contributed by atoms with E-state index in [9.17, 15) is 13.2 Å². The first-order valence-corrected chi connectivity index (χ1v) is 5.91. The molecule has 1 saturated carbocycles. The van der Waals surface area contributed by atoms with E-state index in [4.69, 9.17) is 0 Å². The minimum absolute atomic E-state index is 0.386. The van der Waals surface area contributed by atoms with Gasteiger partial charge in [-0.1, -0.05) is 19.3 Å². The molecule has 1 aromatic rings.